The van der Waals surface area contributed by atoms with E-state index in [1.165, 1.54) is 17.0 Å². The number of nitrogens with zero attached hydrogens (tertiary/aromatic N) is 4. The van der Waals surface area contributed by atoms with E-state index in [-0.39, 0.29) is 29.9 Å². The molecule has 2 N–H and O–H groups in total. The Morgan fingerprint density at radius 3 is 2.60 bits per heavy atom. The minimum absolute atomic E-state index is 0.133. The van der Waals surface area contributed by atoms with Crippen LogP contribution in [0.4, 0.5) is 10.1 Å². The molecule has 9 nitrogen and oxygen atoms in total. The summed E-state index contributed by atoms with van der Waals surface area (Å²) >= 11 is 0. The van der Waals surface area contributed by atoms with Gasteiger partial charge in [0, 0.05) is 37.4 Å². The molecule has 5 rings (SSSR count). The van der Waals surface area contributed by atoms with Gasteiger partial charge in [0.2, 0.25) is 5.91 Å². The van der Waals surface area contributed by atoms with E-state index in [2.05, 4.69) is 15.6 Å². The molecule has 2 amide bonds. The number of carbonyl (C=O) groups is 2. The average Bonchev–Trinajstić information content (AvgIpc) is 3.41. The van der Waals surface area contributed by atoms with E-state index in [0.717, 1.165) is 22.2 Å². The second-order valence-electron chi connectivity index (χ2n) is 10.2. The van der Waals surface area contributed by atoms with Gasteiger partial charge in [0.15, 0.2) is 0 Å². The zero-order valence-corrected chi connectivity index (χ0v) is 23.8. The summed E-state index contributed by atoms with van der Waals surface area (Å²) in [4.78, 5) is 45.0. The molecule has 0 bridgehead atoms. The summed E-state index contributed by atoms with van der Waals surface area (Å²) in [6.07, 6.45) is 5.21. The van der Waals surface area contributed by atoms with Crippen LogP contribution in [-0.2, 0) is 11.3 Å². The number of rotatable bonds is 8. The molecular formula is C32H31FN6O3. The van der Waals surface area contributed by atoms with Crippen LogP contribution in [0.25, 0.3) is 27.8 Å². The predicted molar refractivity (Wildman–Crippen MR) is 161 cm³/mol. The third kappa shape index (κ3) is 5.70. The molecule has 0 aliphatic carbocycles. The topological polar surface area (TPSA) is 101 Å². The van der Waals surface area contributed by atoms with Crippen LogP contribution in [0, 0.1) is 5.82 Å². The normalized spacial score (nSPS) is 11.8. The van der Waals surface area contributed by atoms with Crippen LogP contribution < -0.4 is 16.2 Å². The van der Waals surface area contributed by atoms with Crippen LogP contribution >= 0.6 is 0 Å². The second kappa shape index (κ2) is 11.8. The molecule has 1 unspecified atom stereocenters. The van der Waals surface area contributed by atoms with Gasteiger partial charge in [0.05, 0.1) is 35.7 Å². The third-order valence-corrected chi connectivity index (χ3v) is 7.12. The molecule has 10 heteroatoms. The number of amides is 2. The monoisotopic (exact) mass is 566 g/mol. The van der Waals surface area contributed by atoms with Crippen molar-refractivity contribution in [2.75, 3.05) is 26.5 Å². The molecule has 0 saturated heterocycles. The van der Waals surface area contributed by atoms with Gasteiger partial charge in [-0.3, -0.25) is 19.4 Å². The number of anilines is 1. The maximum Gasteiger partial charge on any atom is 0.275 e. The lowest BCUT2D eigenvalue weighted by Gasteiger charge is -2.18. The van der Waals surface area contributed by atoms with Crippen LogP contribution in [0.2, 0.25) is 0 Å². The molecule has 0 spiro atoms. The standard InChI is InChI=1S/C32H31FN6O3/c1-20(34-2)30(40)36-27-9-11-29(22-6-5-7-24(15-22)31(41)37(3)4)39(32(27)42)19-21-14-26(18-35-17-21)38-13-12-23-16-25(33)8-10-28(23)38/h5-18,20,34H,19H2,1-4H3,(H,36,40). The molecule has 1 atom stereocenters. The van der Waals surface area contributed by atoms with Crippen LogP contribution in [0.3, 0.4) is 0 Å². The van der Waals surface area contributed by atoms with Gasteiger partial charge in [-0.25, -0.2) is 4.39 Å². The van der Waals surface area contributed by atoms with Crippen molar-refractivity contribution in [3.8, 4) is 16.9 Å². The van der Waals surface area contributed by atoms with E-state index >= 15 is 0 Å². The minimum atomic E-state index is -0.503. The Kier molecular flexibility index (Phi) is 7.99. The molecule has 5 aromatic rings. The molecule has 0 fully saturated rings. The Labute approximate surface area is 242 Å². The number of hydrogen-bond acceptors (Lipinski definition) is 5. The van der Waals surface area contributed by atoms with Crippen molar-refractivity contribution in [2.45, 2.75) is 19.5 Å². The number of halogens is 1. The van der Waals surface area contributed by atoms with Crippen molar-refractivity contribution in [3.05, 3.63) is 113 Å². The zero-order valence-electron chi connectivity index (χ0n) is 23.8. The van der Waals surface area contributed by atoms with Gasteiger partial charge in [0.25, 0.3) is 11.5 Å². The Morgan fingerprint density at radius 1 is 1.02 bits per heavy atom. The molecule has 0 aliphatic rings. The van der Waals surface area contributed by atoms with Crippen LogP contribution in [-0.4, -0.2) is 58.0 Å². The fourth-order valence-corrected chi connectivity index (χ4v) is 4.74. The predicted octanol–water partition coefficient (Wildman–Crippen LogP) is 4.29. The van der Waals surface area contributed by atoms with Gasteiger partial charge in [-0.2, -0.15) is 0 Å². The molecule has 3 heterocycles. The summed E-state index contributed by atoms with van der Waals surface area (Å²) in [5, 5.41) is 6.35. The number of fused-ring (bicyclic) bond motifs is 1. The Hall–Kier alpha value is -5.09. The number of pyridine rings is 2. The van der Waals surface area contributed by atoms with Crippen molar-refractivity contribution < 1.29 is 14.0 Å². The molecule has 214 valence electrons. The minimum Gasteiger partial charge on any atom is -0.345 e. The van der Waals surface area contributed by atoms with Crippen molar-refractivity contribution in [2.24, 2.45) is 0 Å². The maximum absolute atomic E-state index is 13.9. The smallest absolute Gasteiger partial charge is 0.275 e. The van der Waals surface area contributed by atoms with Gasteiger partial charge in [-0.05, 0) is 79.7 Å². The first-order valence-electron chi connectivity index (χ1n) is 13.4. The fraction of sp³-hybridized carbons (Fsp3) is 0.188. The van der Waals surface area contributed by atoms with Gasteiger partial charge in [-0.15, -0.1) is 0 Å². The molecule has 42 heavy (non-hydrogen) atoms. The largest absolute Gasteiger partial charge is 0.345 e. The summed E-state index contributed by atoms with van der Waals surface area (Å²) < 4.78 is 17.2. The van der Waals surface area contributed by atoms with Crippen LogP contribution in [0.15, 0.2) is 90.1 Å². The molecule has 0 aliphatic heterocycles. The molecule has 0 saturated carbocycles. The highest BCUT2D eigenvalue weighted by Crippen LogP contribution is 2.25. The van der Waals surface area contributed by atoms with E-state index < -0.39 is 11.6 Å². The Bertz CT molecular complexity index is 1860. The van der Waals surface area contributed by atoms with E-state index in [4.69, 9.17) is 0 Å². The second-order valence-corrected chi connectivity index (χ2v) is 10.2. The first kappa shape index (κ1) is 28.4. The van der Waals surface area contributed by atoms with E-state index in [9.17, 15) is 18.8 Å². The first-order valence-corrected chi connectivity index (χ1v) is 13.4. The van der Waals surface area contributed by atoms with Gasteiger partial charge in [-0.1, -0.05) is 12.1 Å². The number of carbonyl (C=O) groups excluding carboxylic acids is 2. The van der Waals surface area contributed by atoms with Crippen molar-refractivity contribution >= 4 is 28.4 Å². The highest BCUT2D eigenvalue weighted by atomic mass is 19.1. The Morgan fingerprint density at radius 2 is 1.83 bits per heavy atom. The molecular weight excluding hydrogens is 535 g/mol. The van der Waals surface area contributed by atoms with Crippen molar-refractivity contribution in [1.29, 1.82) is 0 Å². The van der Waals surface area contributed by atoms with E-state index in [1.807, 2.05) is 29.0 Å². The van der Waals surface area contributed by atoms with Crippen LogP contribution in [0.5, 0.6) is 0 Å². The summed E-state index contributed by atoms with van der Waals surface area (Å²) in [5.41, 5.74) is 3.75. The maximum atomic E-state index is 13.9. The van der Waals surface area contributed by atoms with Crippen LogP contribution in [0.1, 0.15) is 22.8 Å². The van der Waals surface area contributed by atoms with E-state index in [0.29, 0.717) is 16.8 Å². The SMILES string of the molecule is CNC(C)C(=O)Nc1ccc(-c2cccc(C(=O)N(C)C)c2)n(Cc2cncc(-n3ccc4cc(F)ccc43)c2)c1=O. The summed E-state index contributed by atoms with van der Waals surface area (Å²) in [5.74, 6) is -0.815. The van der Waals surface area contributed by atoms with E-state index in [1.54, 1.807) is 81.4 Å². The van der Waals surface area contributed by atoms with Gasteiger partial charge in [0.1, 0.15) is 11.5 Å². The number of benzene rings is 2. The molecule has 3 aromatic heterocycles. The quantitative estimate of drug-likeness (QED) is 0.292. The van der Waals surface area contributed by atoms with Gasteiger partial charge < -0.3 is 24.7 Å². The molecule has 0 radical (unpaired) electrons. The number of likely N-dealkylation sites (N-methyl/N-ethyl adjacent to an activating group) is 1. The summed E-state index contributed by atoms with van der Waals surface area (Å²) in [6, 6.07) is 18.2. The number of hydrogen-bond donors (Lipinski definition) is 2. The first-order chi connectivity index (χ1) is 20.2. The Balaban J connectivity index is 1.59. The fourth-order valence-electron chi connectivity index (χ4n) is 4.74. The lowest BCUT2D eigenvalue weighted by molar-refractivity contribution is -0.117. The lowest BCUT2D eigenvalue weighted by atomic mass is 10.1. The lowest BCUT2D eigenvalue weighted by Crippen LogP contribution is -2.37. The average molecular weight is 567 g/mol. The zero-order chi connectivity index (χ0) is 30.0. The highest BCUT2D eigenvalue weighted by molar-refractivity contribution is 5.95. The number of nitrogens with one attached hydrogen (secondary N) is 2. The summed E-state index contributed by atoms with van der Waals surface area (Å²) in [6.45, 7) is 1.84. The third-order valence-electron chi connectivity index (χ3n) is 7.12. The molecule has 2 aromatic carbocycles. The number of aromatic nitrogens is 3. The summed E-state index contributed by atoms with van der Waals surface area (Å²) in [7, 11) is 5.02. The van der Waals surface area contributed by atoms with Gasteiger partial charge >= 0.3 is 0 Å². The van der Waals surface area contributed by atoms with Crippen molar-refractivity contribution in [3.63, 3.8) is 0 Å². The highest BCUT2D eigenvalue weighted by Gasteiger charge is 2.18. The van der Waals surface area contributed by atoms with Crippen molar-refractivity contribution in [1.82, 2.24) is 24.3 Å².